The van der Waals surface area contributed by atoms with Crippen molar-refractivity contribution in [1.29, 1.82) is 0 Å². The number of halogens is 1. The second-order valence-corrected chi connectivity index (χ2v) is 12.4. The average molecular weight is 674 g/mol. The fourth-order valence-corrected chi connectivity index (χ4v) is 6.07. The lowest BCUT2D eigenvalue weighted by molar-refractivity contribution is -0.385. The maximum atomic E-state index is 13.8. The Morgan fingerprint density at radius 2 is 1.91 bits per heavy atom. The Morgan fingerprint density at radius 1 is 1.15 bits per heavy atom. The Kier molecular flexibility index (Phi) is 11.5. The standard InChI is InChI=1S/C30H32ClN5O9S/c1-20-5-11-25(15-26(20)36(39)40)46(41,42)35(27-14-22(31)8-12-28(27)43-2)18-29(37)34-33-16-21-6-9-23(10-7-21)45-19-30(38)32-17-24-4-3-13-44-24/h5-12,14-16,24H,3-4,13,17-19H2,1-2H3,(H,32,38)(H,34,37)/b33-16-/t24-/m1/s1. The van der Waals surface area contributed by atoms with E-state index < -0.39 is 38.0 Å². The number of rotatable bonds is 14. The summed E-state index contributed by atoms with van der Waals surface area (Å²) in [4.78, 5) is 35.4. The Labute approximate surface area is 270 Å². The van der Waals surface area contributed by atoms with Crippen LogP contribution in [0.5, 0.6) is 11.5 Å². The van der Waals surface area contributed by atoms with E-state index >= 15 is 0 Å². The lowest BCUT2D eigenvalue weighted by Crippen LogP contribution is -2.39. The summed E-state index contributed by atoms with van der Waals surface area (Å²) in [6.07, 6.45) is 3.27. The number of sulfonamides is 1. The zero-order chi connectivity index (χ0) is 33.3. The molecule has 0 aliphatic carbocycles. The van der Waals surface area contributed by atoms with Crippen LogP contribution >= 0.6 is 11.6 Å². The first-order valence-corrected chi connectivity index (χ1v) is 15.8. The summed E-state index contributed by atoms with van der Waals surface area (Å²) in [7, 11) is -3.23. The lowest BCUT2D eigenvalue weighted by atomic mass is 10.2. The lowest BCUT2D eigenvalue weighted by Gasteiger charge is -2.25. The third-order valence-electron chi connectivity index (χ3n) is 6.87. The minimum Gasteiger partial charge on any atom is -0.495 e. The number of hydrazone groups is 1. The summed E-state index contributed by atoms with van der Waals surface area (Å²) >= 11 is 6.15. The van der Waals surface area contributed by atoms with Gasteiger partial charge in [-0.1, -0.05) is 17.7 Å². The van der Waals surface area contributed by atoms with Gasteiger partial charge in [0.05, 0.1) is 34.9 Å². The number of ether oxygens (including phenoxy) is 3. The molecule has 1 aliphatic heterocycles. The predicted octanol–water partition coefficient (Wildman–Crippen LogP) is 3.58. The number of hydrogen-bond acceptors (Lipinski definition) is 10. The molecule has 14 nitrogen and oxygen atoms in total. The van der Waals surface area contributed by atoms with Crippen LogP contribution in [0.25, 0.3) is 0 Å². The van der Waals surface area contributed by atoms with E-state index in [2.05, 4.69) is 15.8 Å². The molecular weight excluding hydrogens is 642 g/mol. The van der Waals surface area contributed by atoms with Gasteiger partial charge < -0.3 is 19.5 Å². The van der Waals surface area contributed by atoms with Crippen molar-refractivity contribution < 1.29 is 37.1 Å². The van der Waals surface area contributed by atoms with E-state index in [0.717, 1.165) is 23.2 Å². The number of hydrogen-bond donors (Lipinski definition) is 2. The van der Waals surface area contributed by atoms with Crippen molar-refractivity contribution >= 4 is 51.0 Å². The minimum absolute atomic E-state index is 0.0346. The highest BCUT2D eigenvalue weighted by atomic mass is 35.5. The number of nitrogens with one attached hydrogen (secondary N) is 2. The third kappa shape index (κ3) is 8.93. The predicted molar refractivity (Wildman–Crippen MR) is 170 cm³/mol. The number of anilines is 1. The number of carbonyl (C=O) groups excluding carboxylic acids is 2. The fraction of sp³-hybridized carbons (Fsp3) is 0.300. The molecule has 4 rings (SSSR count). The van der Waals surface area contributed by atoms with Crippen molar-refractivity contribution in [3.8, 4) is 11.5 Å². The van der Waals surface area contributed by atoms with Crippen LogP contribution in [0.3, 0.4) is 0 Å². The molecule has 0 aromatic heterocycles. The molecule has 0 unspecified atom stereocenters. The van der Waals surface area contributed by atoms with Crippen LogP contribution in [0.15, 0.2) is 70.7 Å². The molecule has 0 bridgehead atoms. The molecule has 0 spiro atoms. The summed E-state index contributed by atoms with van der Waals surface area (Å²) in [5.74, 6) is -0.553. The monoisotopic (exact) mass is 673 g/mol. The van der Waals surface area contributed by atoms with E-state index in [4.69, 9.17) is 25.8 Å². The molecule has 3 aromatic rings. The number of carbonyl (C=O) groups is 2. The van der Waals surface area contributed by atoms with Gasteiger partial charge in [-0.2, -0.15) is 5.10 Å². The summed E-state index contributed by atoms with van der Waals surface area (Å²) in [6.45, 7) is 1.69. The first-order valence-electron chi connectivity index (χ1n) is 14.0. The molecule has 0 saturated carbocycles. The molecule has 1 saturated heterocycles. The number of benzene rings is 3. The summed E-state index contributed by atoms with van der Waals surface area (Å²) in [5, 5.41) is 18.3. The van der Waals surface area contributed by atoms with Crippen molar-refractivity contribution in [2.24, 2.45) is 5.10 Å². The first-order chi connectivity index (χ1) is 22.0. The van der Waals surface area contributed by atoms with Crippen molar-refractivity contribution in [2.75, 3.05) is 37.7 Å². The van der Waals surface area contributed by atoms with Gasteiger partial charge in [0.1, 0.15) is 18.0 Å². The molecule has 0 radical (unpaired) electrons. The van der Waals surface area contributed by atoms with Crippen LogP contribution in [0.1, 0.15) is 24.0 Å². The Morgan fingerprint density at radius 3 is 2.59 bits per heavy atom. The van der Waals surface area contributed by atoms with E-state index in [1.54, 1.807) is 24.3 Å². The second kappa shape index (κ2) is 15.5. The molecule has 1 aliphatic rings. The number of nitrogens with zero attached hydrogens (tertiary/aromatic N) is 3. The van der Waals surface area contributed by atoms with Gasteiger partial charge in [0.15, 0.2) is 6.61 Å². The van der Waals surface area contributed by atoms with Crippen molar-refractivity contribution in [2.45, 2.75) is 30.8 Å². The largest absolute Gasteiger partial charge is 0.495 e. The van der Waals surface area contributed by atoms with Gasteiger partial charge in [-0.05, 0) is 73.9 Å². The molecular formula is C30H32ClN5O9S. The molecule has 2 amide bonds. The molecule has 16 heteroatoms. The van der Waals surface area contributed by atoms with Gasteiger partial charge in [0.2, 0.25) is 0 Å². The number of nitro groups is 1. The third-order valence-corrected chi connectivity index (χ3v) is 8.86. The second-order valence-electron chi connectivity index (χ2n) is 10.1. The molecule has 1 fully saturated rings. The zero-order valence-electron chi connectivity index (χ0n) is 25.0. The zero-order valence-corrected chi connectivity index (χ0v) is 26.5. The van der Waals surface area contributed by atoms with Crippen LogP contribution in [-0.4, -0.2) is 70.9 Å². The Hall–Kier alpha value is -4.73. The van der Waals surface area contributed by atoms with Crippen molar-refractivity contribution in [3.63, 3.8) is 0 Å². The Balaban J connectivity index is 1.43. The van der Waals surface area contributed by atoms with E-state index in [1.807, 2.05) is 0 Å². The van der Waals surface area contributed by atoms with E-state index in [1.165, 1.54) is 50.6 Å². The van der Waals surface area contributed by atoms with Crippen LogP contribution in [0, 0.1) is 17.0 Å². The summed E-state index contributed by atoms with van der Waals surface area (Å²) < 4.78 is 44.6. The van der Waals surface area contributed by atoms with E-state index in [9.17, 15) is 28.1 Å². The number of nitro benzene ring substituents is 1. The number of aryl methyl sites for hydroxylation is 1. The molecule has 2 N–H and O–H groups in total. The normalized spacial score (nSPS) is 14.5. The minimum atomic E-state index is -4.54. The van der Waals surface area contributed by atoms with Crippen LogP contribution in [0.2, 0.25) is 5.02 Å². The van der Waals surface area contributed by atoms with Gasteiger partial charge in [-0.25, -0.2) is 13.8 Å². The molecule has 244 valence electrons. The van der Waals surface area contributed by atoms with Gasteiger partial charge in [0.25, 0.3) is 27.5 Å². The fourth-order valence-electron chi connectivity index (χ4n) is 4.46. The Bertz CT molecular complexity index is 1710. The average Bonchev–Trinajstić information content (AvgIpc) is 3.56. The summed E-state index contributed by atoms with van der Waals surface area (Å²) in [5.41, 5.74) is 2.66. The van der Waals surface area contributed by atoms with Crippen LogP contribution < -0.4 is 24.5 Å². The van der Waals surface area contributed by atoms with Gasteiger partial charge in [-0.3, -0.25) is 24.0 Å². The quantitative estimate of drug-likeness (QED) is 0.147. The molecule has 1 atom stereocenters. The molecule has 46 heavy (non-hydrogen) atoms. The van der Waals surface area contributed by atoms with E-state index in [-0.39, 0.29) is 40.6 Å². The first kappa shape index (κ1) is 34.1. The summed E-state index contributed by atoms with van der Waals surface area (Å²) in [6, 6.07) is 14.2. The van der Waals surface area contributed by atoms with Crippen molar-refractivity contribution in [1.82, 2.24) is 10.7 Å². The molecule has 1 heterocycles. The van der Waals surface area contributed by atoms with Gasteiger partial charge in [-0.15, -0.1) is 0 Å². The van der Waals surface area contributed by atoms with Crippen molar-refractivity contribution in [3.05, 3.63) is 86.9 Å². The van der Waals surface area contributed by atoms with Crippen LogP contribution in [0.4, 0.5) is 11.4 Å². The maximum absolute atomic E-state index is 13.8. The highest BCUT2D eigenvalue weighted by Crippen LogP contribution is 2.35. The molecule has 3 aromatic carbocycles. The maximum Gasteiger partial charge on any atom is 0.273 e. The topological polar surface area (TPSA) is 179 Å². The van der Waals surface area contributed by atoms with Gasteiger partial charge in [0, 0.05) is 29.8 Å². The number of methoxy groups -OCH3 is 1. The highest BCUT2D eigenvalue weighted by molar-refractivity contribution is 7.92. The van der Waals surface area contributed by atoms with E-state index in [0.29, 0.717) is 24.5 Å². The highest BCUT2D eigenvalue weighted by Gasteiger charge is 2.31. The smallest absolute Gasteiger partial charge is 0.273 e. The number of amides is 2. The van der Waals surface area contributed by atoms with Crippen LogP contribution in [-0.2, 0) is 24.3 Å². The van der Waals surface area contributed by atoms with Gasteiger partial charge >= 0.3 is 0 Å². The SMILES string of the molecule is COc1ccc(Cl)cc1N(CC(=O)N/N=C\c1ccc(OCC(=O)NC[C@H]2CCCO2)cc1)S(=O)(=O)c1ccc(C)c([N+](=O)[O-])c1.